The van der Waals surface area contributed by atoms with Crippen LogP contribution >= 0.6 is 0 Å². The van der Waals surface area contributed by atoms with Crippen LogP contribution in [0.15, 0.2) is 231 Å². The Hall–Kier alpha value is -7.95. The molecule has 1 aliphatic heterocycles. The Labute approximate surface area is 419 Å². The van der Waals surface area contributed by atoms with E-state index in [4.69, 9.17) is 4.98 Å². The van der Waals surface area contributed by atoms with Gasteiger partial charge in [-0.1, -0.05) is 168 Å². The second-order valence-corrected chi connectivity index (χ2v) is 17.1. The molecule has 0 bridgehead atoms. The van der Waals surface area contributed by atoms with Crippen molar-refractivity contribution in [2.24, 2.45) is 0 Å². The Balaban J connectivity index is 0.00000553. The van der Waals surface area contributed by atoms with E-state index < -0.39 is 0 Å². The predicted molar refractivity (Wildman–Crippen MR) is 280 cm³/mol. The zero-order valence-electron chi connectivity index (χ0n) is 38.1. The molecule has 2 aromatic heterocycles. The Kier molecular flexibility index (Phi) is 13.3. The van der Waals surface area contributed by atoms with Crippen LogP contribution in [0.2, 0.25) is 0 Å². The van der Waals surface area contributed by atoms with Crippen LogP contribution in [0.25, 0.3) is 89.3 Å². The van der Waals surface area contributed by atoms with Gasteiger partial charge in [-0.25, -0.2) is 0 Å². The Morgan fingerprint density at radius 1 is 0.406 bits per heavy atom. The molecular weight excluding hydrogens is 1020 g/mol. The fourth-order valence-corrected chi connectivity index (χ4v) is 9.12. The summed E-state index contributed by atoms with van der Waals surface area (Å²) in [7, 11) is 2.03. The number of pyridine rings is 2. The third kappa shape index (κ3) is 9.89. The van der Waals surface area contributed by atoms with Crippen molar-refractivity contribution >= 4 is 5.69 Å². The van der Waals surface area contributed by atoms with Crippen molar-refractivity contribution in [1.29, 1.82) is 0 Å². The molecule has 1 radical (unpaired) electrons. The van der Waals surface area contributed by atoms with Gasteiger partial charge in [0.2, 0.25) is 0 Å². The average molecular weight is 1060 g/mol. The Bertz CT molecular complexity index is 3350. The molecule has 0 N–H and O–H groups in total. The van der Waals surface area contributed by atoms with Crippen molar-refractivity contribution < 1.29 is 20.1 Å². The third-order valence-corrected chi connectivity index (χ3v) is 12.6. The topological polar surface area (TPSA) is 32.3 Å². The molecule has 4 nitrogen and oxygen atoms in total. The minimum absolute atomic E-state index is 0. The van der Waals surface area contributed by atoms with Gasteiger partial charge in [0, 0.05) is 32.5 Å². The monoisotopic (exact) mass is 1060 g/mol. The van der Waals surface area contributed by atoms with Gasteiger partial charge in [0.1, 0.15) is 0 Å². The molecule has 1 aliphatic rings. The smallest absolute Gasteiger partial charge is 0.0160 e. The molecular formula is C64H46IrN4-4. The summed E-state index contributed by atoms with van der Waals surface area (Å²) in [4.78, 5) is 13.4. The maximum atomic E-state index is 4.72. The normalized spacial score (nSPS) is 12.0. The predicted octanol–water partition coefficient (Wildman–Crippen LogP) is 15.3. The summed E-state index contributed by atoms with van der Waals surface area (Å²) >= 11 is 0. The minimum Gasteiger partial charge on any atom is -0.510 e. The summed E-state index contributed by atoms with van der Waals surface area (Å²) < 4.78 is 0. The van der Waals surface area contributed by atoms with Crippen LogP contribution in [-0.2, 0) is 32.9 Å². The van der Waals surface area contributed by atoms with Crippen molar-refractivity contribution in [3.63, 3.8) is 0 Å². The minimum atomic E-state index is 0. The van der Waals surface area contributed by atoms with Gasteiger partial charge in [0.05, 0.1) is 0 Å². The second-order valence-electron chi connectivity index (χ2n) is 17.1. The number of hydrogen-bond donors (Lipinski definition) is 0. The van der Waals surface area contributed by atoms with Gasteiger partial charge in [-0.3, -0.25) is 0 Å². The molecule has 0 atom stereocenters. The Morgan fingerprint density at radius 3 is 1.61 bits per heavy atom. The maximum absolute atomic E-state index is 4.72. The van der Waals surface area contributed by atoms with Gasteiger partial charge in [0.15, 0.2) is 0 Å². The quantitative estimate of drug-likeness (QED) is 0.114. The molecule has 0 spiro atoms. The van der Waals surface area contributed by atoms with E-state index in [2.05, 4.69) is 211 Å². The van der Waals surface area contributed by atoms with Crippen LogP contribution in [-0.4, -0.2) is 21.9 Å². The van der Waals surface area contributed by atoms with E-state index in [0.29, 0.717) is 0 Å². The molecule has 8 aromatic carbocycles. The van der Waals surface area contributed by atoms with E-state index >= 15 is 0 Å². The SMILES string of the molecule is CN1C=CN(c2[c-]cc(-c3ccccc3-c3cc(CCc4c[c-]c(-c5ccccn5)cc4)cc(-c4ccccc4-c4c[c-]c(-c5ccccn5)cc4-c4ccc(-c5ccccc5)cc4)c3)cc2)[CH-]1.[Ir]. The molecule has 335 valence electrons. The summed E-state index contributed by atoms with van der Waals surface area (Å²) in [6.07, 6.45) is 9.48. The summed E-state index contributed by atoms with van der Waals surface area (Å²) in [5.74, 6) is 0. The molecule has 10 aromatic rings. The first kappa shape index (κ1) is 44.9. The van der Waals surface area contributed by atoms with Gasteiger partial charge >= 0.3 is 0 Å². The van der Waals surface area contributed by atoms with Crippen molar-refractivity contribution in [3.8, 4) is 89.3 Å². The van der Waals surface area contributed by atoms with E-state index in [1.165, 1.54) is 27.8 Å². The van der Waals surface area contributed by atoms with Crippen LogP contribution in [0.5, 0.6) is 0 Å². The zero-order chi connectivity index (χ0) is 45.7. The van der Waals surface area contributed by atoms with Crippen molar-refractivity contribution in [2.75, 3.05) is 11.9 Å². The molecule has 0 saturated heterocycles. The molecule has 3 heterocycles. The molecule has 0 saturated carbocycles. The van der Waals surface area contributed by atoms with Crippen molar-refractivity contribution in [2.45, 2.75) is 12.8 Å². The number of aryl methyl sites for hydroxylation is 2. The Morgan fingerprint density at radius 2 is 0.986 bits per heavy atom. The zero-order valence-corrected chi connectivity index (χ0v) is 40.4. The van der Waals surface area contributed by atoms with Crippen LogP contribution in [0, 0.1) is 24.9 Å². The number of anilines is 1. The second kappa shape index (κ2) is 20.5. The third-order valence-electron chi connectivity index (χ3n) is 12.6. The summed E-state index contributed by atoms with van der Waals surface area (Å²) in [5, 5.41) is 0. The van der Waals surface area contributed by atoms with Crippen LogP contribution < -0.4 is 4.90 Å². The van der Waals surface area contributed by atoms with Gasteiger partial charge in [-0.2, -0.15) is 24.9 Å². The van der Waals surface area contributed by atoms with Crippen LogP contribution in [0.1, 0.15) is 11.1 Å². The largest absolute Gasteiger partial charge is 0.510 e. The first-order valence-electron chi connectivity index (χ1n) is 23.0. The number of hydrogen-bond acceptors (Lipinski definition) is 4. The molecule has 5 heteroatoms. The molecule has 69 heavy (non-hydrogen) atoms. The molecule has 0 aliphatic carbocycles. The number of rotatable bonds is 12. The molecule has 0 unspecified atom stereocenters. The van der Waals surface area contributed by atoms with E-state index in [1.807, 2.05) is 66.9 Å². The summed E-state index contributed by atoms with van der Waals surface area (Å²) in [6.45, 7) is 2.05. The van der Waals surface area contributed by atoms with Gasteiger partial charge in [-0.05, 0) is 100.0 Å². The number of nitrogens with zero attached hydrogens (tertiary/aromatic N) is 4. The van der Waals surface area contributed by atoms with Gasteiger partial charge < -0.3 is 19.8 Å². The van der Waals surface area contributed by atoms with Gasteiger partial charge in [0.25, 0.3) is 0 Å². The standard InChI is InChI=1S/C64H46N4.Ir/c1-67-39-40-68(45-67)56-34-31-50(32-35-56)57-15-5-6-16-58(57)54-41-47(22-21-46-23-25-52(26-24-46)63-19-9-11-37-65-63)42-55(43-54)59-17-7-8-18-60(59)61-36-33-53(64-20-10-12-38-66-64)44-62(61)51-29-27-49(28-30-51)48-13-3-2-4-14-48;/h2-20,23-25,27-32,34,36-45H,21-22H2,1H3;/q-4;. The molecule has 11 rings (SSSR count). The summed E-state index contributed by atoms with van der Waals surface area (Å²) in [6, 6.07) is 84.2. The van der Waals surface area contributed by atoms with Crippen molar-refractivity contribution in [1.82, 2.24) is 14.9 Å². The number of aromatic nitrogens is 2. The first-order valence-corrected chi connectivity index (χ1v) is 23.0. The summed E-state index contributed by atoms with van der Waals surface area (Å²) in [5.41, 5.74) is 21.0. The maximum Gasteiger partial charge on any atom is 0.0160 e. The molecule has 0 fully saturated rings. The van der Waals surface area contributed by atoms with Crippen LogP contribution in [0.3, 0.4) is 0 Å². The van der Waals surface area contributed by atoms with E-state index in [1.54, 1.807) is 0 Å². The van der Waals surface area contributed by atoms with E-state index in [0.717, 1.165) is 91.1 Å². The number of benzene rings is 8. The average Bonchev–Trinajstić information content (AvgIpc) is 3.87. The fourth-order valence-electron chi connectivity index (χ4n) is 9.12. The van der Waals surface area contributed by atoms with E-state index in [9.17, 15) is 0 Å². The van der Waals surface area contributed by atoms with E-state index in [-0.39, 0.29) is 20.1 Å². The molecule has 0 amide bonds. The van der Waals surface area contributed by atoms with Gasteiger partial charge in [-0.15, -0.1) is 76.5 Å². The first-order chi connectivity index (χ1) is 33.6. The fraction of sp³-hybridized carbons (Fsp3) is 0.0469. The van der Waals surface area contributed by atoms with Crippen molar-refractivity contribution in [3.05, 3.63) is 267 Å². The van der Waals surface area contributed by atoms with Crippen LogP contribution in [0.4, 0.5) is 5.69 Å².